The summed E-state index contributed by atoms with van der Waals surface area (Å²) in [4.78, 5) is 71.2. The second kappa shape index (κ2) is 23.4. The first-order valence-electron chi connectivity index (χ1n) is 24.1. The average Bonchev–Trinajstić information content (AvgIpc) is 4.02. The van der Waals surface area contributed by atoms with E-state index in [4.69, 9.17) is 19.4 Å². The number of carbonyl (C=O) groups excluding carboxylic acids is 4. The molecule has 0 fully saturated rings. The summed E-state index contributed by atoms with van der Waals surface area (Å²) in [5.41, 5.74) is 11.0. The smallest absolute Gasteiger partial charge is 0.657 e. The number of aromatic amines is 2. The molecule has 0 aromatic carbocycles. The Morgan fingerprint density at radius 3 is 2.17 bits per heavy atom. The molecule has 0 spiro atoms. The molecular formula is C55H72MgN4O6+2. The molecule has 2 N–H and O–H groups in total. The molecule has 0 saturated heterocycles. The predicted molar refractivity (Wildman–Crippen MR) is 264 cm³/mol. The maximum atomic E-state index is 14.4. The fourth-order valence-electron chi connectivity index (χ4n) is 10.2. The van der Waals surface area contributed by atoms with Gasteiger partial charge in [0, 0.05) is 23.1 Å². The maximum absolute atomic E-state index is 14.4. The van der Waals surface area contributed by atoms with Crippen molar-refractivity contribution in [3.8, 4) is 0 Å². The third kappa shape index (κ3) is 11.6. The van der Waals surface area contributed by atoms with E-state index in [9.17, 15) is 19.2 Å². The van der Waals surface area contributed by atoms with Gasteiger partial charge in [-0.05, 0) is 94.0 Å². The second-order valence-corrected chi connectivity index (χ2v) is 19.5. The number of ketones is 1. The summed E-state index contributed by atoms with van der Waals surface area (Å²) < 4.78 is 11.0. The van der Waals surface area contributed by atoms with Crippen molar-refractivity contribution in [2.24, 2.45) is 17.8 Å². The van der Waals surface area contributed by atoms with Gasteiger partial charge in [0.05, 0.1) is 24.5 Å². The molecule has 10 nitrogen and oxygen atoms in total. The van der Waals surface area contributed by atoms with Crippen LogP contribution in [0.3, 0.4) is 0 Å². The summed E-state index contributed by atoms with van der Waals surface area (Å²) in [5.74, 6) is -0.738. The Balaban J connectivity index is 0.00000817. The Kier molecular flexibility index (Phi) is 18.6. The van der Waals surface area contributed by atoms with Crippen LogP contribution in [0.2, 0.25) is 0 Å². The van der Waals surface area contributed by atoms with Gasteiger partial charge in [0.25, 0.3) is 0 Å². The van der Waals surface area contributed by atoms with Gasteiger partial charge in [0.1, 0.15) is 12.5 Å². The number of methoxy groups -OCH3 is 1. The van der Waals surface area contributed by atoms with Gasteiger partial charge in [-0.15, -0.1) is 22.1 Å². The van der Waals surface area contributed by atoms with E-state index >= 15 is 0 Å². The molecule has 0 unspecified atom stereocenters. The van der Waals surface area contributed by atoms with Crippen molar-refractivity contribution in [2.45, 2.75) is 157 Å². The van der Waals surface area contributed by atoms with E-state index < -0.39 is 11.9 Å². The van der Waals surface area contributed by atoms with Crippen LogP contribution in [0.4, 0.5) is 0 Å². The van der Waals surface area contributed by atoms with Crippen molar-refractivity contribution < 1.29 is 38.6 Å². The van der Waals surface area contributed by atoms with E-state index in [0.717, 1.165) is 53.4 Å². The molecule has 348 valence electrons. The monoisotopic (exact) mass is 909 g/mol. The van der Waals surface area contributed by atoms with E-state index in [0.29, 0.717) is 80.2 Å². The molecule has 3 aliphatic rings. The van der Waals surface area contributed by atoms with Gasteiger partial charge in [-0.2, -0.15) is 0 Å². The molecule has 0 radical (unpaired) electrons. The number of H-pyrrole nitrogens is 2. The minimum atomic E-state index is -1.23. The van der Waals surface area contributed by atoms with Gasteiger partial charge in [-0.3, -0.25) is 19.2 Å². The Morgan fingerprint density at radius 1 is 0.879 bits per heavy atom. The zero-order chi connectivity index (χ0) is 47.1. The molecule has 1 aliphatic carbocycles. The van der Waals surface area contributed by atoms with Crippen LogP contribution in [0.5, 0.6) is 0 Å². The number of Topliss-reactive ketones (excluding diaryl/α,β-unsaturated/α-hetero) is 1. The zero-order valence-corrected chi connectivity index (χ0v) is 42.8. The number of hydrogen-bond acceptors (Lipinski definition) is 6. The number of nitrogens with zero attached hydrogens (tertiary/aromatic N) is 2. The largest absolute Gasteiger partial charge is 2.00 e. The fraction of sp³-hybridized carbons (Fsp3) is 0.527. The van der Waals surface area contributed by atoms with Gasteiger partial charge in [0.2, 0.25) is 11.4 Å². The van der Waals surface area contributed by atoms with E-state index in [-0.39, 0.29) is 59.7 Å². The molecule has 0 amide bonds. The number of rotatable bonds is 21. The first-order valence-corrected chi connectivity index (χ1v) is 24.1. The molecule has 6 rings (SSSR count). The molecule has 3 aromatic rings. The number of aryl methyl sites for hydroxylation is 2. The molecule has 66 heavy (non-hydrogen) atoms. The summed E-state index contributed by atoms with van der Waals surface area (Å²) in [6, 6.07) is 5.74. The quantitative estimate of drug-likeness (QED) is 0.0338. The van der Waals surface area contributed by atoms with Crippen LogP contribution in [-0.4, -0.2) is 60.8 Å². The van der Waals surface area contributed by atoms with Crippen LogP contribution in [0.25, 0.3) is 39.3 Å². The maximum Gasteiger partial charge on any atom is 2.00 e. The van der Waals surface area contributed by atoms with Crippen LogP contribution in [0, 0.1) is 31.6 Å². The van der Waals surface area contributed by atoms with Gasteiger partial charge in [0.15, 0.2) is 23.5 Å². The average molecular weight is 910 g/mol. The molecule has 11 heteroatoms. The third-order valence-electron chi connectivity index (χ3n) is 14.3. The van der Waals surface area contributed by atoms with Crippen LogP contribution in [0.15, 0.2) is 36.4 Å². The van der Waals surface area contributed by atoms with Gasteiger partial charge >= 0.3 is 35.0 Å². The summed E-state index contributed by atoms with van der Waals surface area (Å²) in [5, 5.41) is 0. The van der Waals surface area contributed by atoms with Crippen molar-refractivity contribution in [3.63, 3.8) is 0 Å². The molecule has 0 saturated carbocycles. The second-order valence-electron chi connectivity index (χ2n) is 19.5. The van der Waals surface area contributed by atoms with E-state index in [2.05, 4.69) is 58.1 Å². The Bertz CT molecular complexity index is 2540. The van der Waals surface area contributed by atoms with Crippen molar-refractivity contribution in [1.29, 1.82) is 0 Å². The topological polar surface area (TPSA) is 143 Å². The van der Waals surface area contributed by atoms with E-state index in [1.54, 1.807) is 6.08 Å². The summed E-state index contributed by atoms with van der Waals surface area (Å²) in [6.45, 7) is 23.7. The molecule has 5 atom stereocenters. The molecule has 5 heterocycles. The Labute approximate surface area is 408 Å². The van der Waals surface area contributed by atoms with Gasteiger partial charge in [-0.1, -0.05) is 116 Å². The van der Waals surface area contributed by atoms with Crippen molar-refractivity contribution in [3.05, 3.63) is 87.0 Å². The van der Waals surface area contributed by atoms with E-state index in [1.165, 1.54) is 57.6 Å². The fourth-order valence-corrected chi connectivity index (χ4v) is 10.2. The minimum absolute atomic E-state index is 0. The van der Waals surface area contributed by atoms with Crippen molar-refractivity contribution in [2.75, 3.05) is 13.7 Å². The van der Waals surface area contributed by atoms with Crippen LogP contribution in [0.1, 0.15) is 199 Å². The van der Waals surface area contributed by atoms with Crippen molar-refractivity contribution >= 4 is 86.3 Å². The molecular weight excluding hydrogens is 837 g/mol. The molecule has 3 aromatic heterocycles. The van der Waals surface area contributed by atoms with Crippen LogP contribution >= 0.6 is 0 Å². The zero-order valence-electron chi connectivity index (χ0n) is 41.4. The number of aldehydes is 1. The number of ether oxygens (including phenoxy) is 2. The number of nitrogens with one attached hydrogen (secondary N) is 2. The third-order valence-corrected chi connectivity index (χ3v) is 14.3. The van der Waals surface area contributed by atoms with Crippen LogP contribution in [-0.2, 0) is 23.9 Å². The SMILES string of the molecule is C=Cc1c(C)c2cc3[nH+]c(c4c5[n-]c(cc6[nH+]c(cc1[n-]2)C(C=O)=C6CC)c(C)c5C(=O)[C@@H]4C(=O)OC)[C@@H](CCC(=O)OC/C=C(\C)CCC[C@@H](C)CCC[C@H](C)CCCC(C)C)[C@@H]3C.[Mg+2]. The van der Waals surface area contributed by atoms with Gasteiger partial charge < -0.3 is 19.4 Å². The predicted octanol–water partition coefficient (Wildman–Crippen LogP) is 10.9. The summed E-state index contributed by atoms with van der Waals surface area (Å²) in [7, 11) is 1.28. The Morgan fingerprint density at radius 2 is 1.53 bits per heavy atom. The summed E-state index contributed by atoms with van der Waals surface area (Å²) >= 11 is 0. The normalized spacial score (nSPS) is 17.8. The van der Waals surface area contributed by atoms with Crippen LogP contribution < -0.4 is 19.9 Å². The number of hydrogen-bond donors (Lipinski definition) is 0. The summed E-state index contributed by atoms with van der Waals surface area (Å²) in [6.07, 6.45) is 17.0. The first kappa shape index (κ1) is 52.4. The van der Waals surface area contributed by atoms with E-state index in [1.807, 2.05) is 45.0 Å². The number of allylic oxidation sites excluding steroid dienone is 3. The standard InChI is InChI=1S/C55H71N4O6.Mg/c1-12-38-35(8)42-27-43-36(9)40(23-24-48(61)65-26-25-34(7)22-16-21-33(6)20-15-19-32(5)18-14-17-31(3)4)52(58-43)50-51(55(63)64-11)54(62)49-37(10)44(59-53(49)50)28-46-39(13-2)41(30-60)47(57-46)29-45(38)56-42;/h12,25,27-33,36,40,51H,1,13-24,26H2,2-11H3,(H-,56,57,58,59,60,62);/q-1;+2/p+1/b34-25+;/t32-,33+,36+,40+,51-;/m1./s1. The first-order chi connectivity index (χ1) is 31.1. The molecule has 2 aliphatic heterocycles. The molecule has 8 bridgehead atoms. The minimum Gasteiger partial charge on any atom is -0.657 e. The van der Waals surface area contributed by atoms with Crippen molar-refractivity contribution in [1.82, 2.24) is 9.97 Å². The van der Waals surface area contributed by atoms with Gasteiger partial charge in [-0.25, -0.2) is 9.97 Å². The Hall–Kier alpha value is -4.61. The number of esters is 2. The number of aromatic nitrogens is 4. The number of carbonyl (C=O) groups is 4. The number of fused-ring (bicyclic) bond motifs is 8.